The molecule has 0 saturated carbocycles. The lowest BCUT2D eigenvalue weighted by atomic mass is 10.0. The molecule has 0 aliphatic rings. The van der Waals surface area contributed by atoms with Gasteiger partial charge in [0.15, 0.2) is 0 Å². The molecule has 1 unspecified atom stereocenters. The fraction of sp³-hybridized carbons (Fsp3) is 0.235. The van der Waals surface area contributed by atoms with E-state index in [9.17, 15) is 9.90 Å². The van der Waals surface area contributed by atoms with Crippen LogP contribution < -0.4 is 0 Å². The summed E-state index contributed by atoms with van der Waals surface area (Å²) in [7, 11) is 3.47. The van der Waals surface area contributed by atoms with Crippen LogP contribution in [0.15, 0.2) is 53.4 Å². The number of hydrogen-bond donors (Lipinski definition) is 1. The Kier molecular flexibility index (Phi) is 5.89. The van der Waals surface area contributed by atoms with E-state index in [1.54, 1.807) is 19.0 Å². The number of carbonyl (C=O) groups is 1. The summed E-state index contributed by atoms with van der Waals surface area (Å²) in [5, 5.41) is 9.69. The molecular weight excluding hydrogens is 318 g/mol. The molecule has 0 saturated heterocycles. The first-order valence-electron chi connectivity index (χ1n) is 6.85. The molecule has 2 rings (SSSR count). The molecule has 0 aliphatic carbocycles. The van der Waals surface area contributed by atoms with Gasteiger partial charge in [-0.3, -0.25) is 4.79 Å². The van der Waals surface area contributed by atoms with Crippen molar-refractivity contribution < 1.29 is 9.90 Å². The number of halogens is 1. The number of aliphatic hydroxyl groups is 1. The molecule has 5 heteroatoms. The lowest BCUT2D eigenvalue weighted by Crippen LogP contribution is -2.15. The normalized spacial score (nSPS) is 12.0. The van der Waals surface area contributed by atoms with Gasteiger partial charge in [0.1, 0.15) is 0 Å². The maximum absolute atomic E-state index is 11.7. The molecule has 0 spiro atoms. The number of nitrogens with zero attached hydrogens (tertiary/aromatic N) is 1. The van der Waals surface area contributed by atoms with E-state index < -0.39 is 6.10 Å². The minimum Gasteiger partial charge on any atom is -0.387 e. The summed E-state index contributed by atoms with van der Waals surface area (Å²) in [6, 6.07) is 15.5. The molecule has 0 heterocycles. The molecule has 1 N–H and O–H groups in total. The van der Waals surface area contributed by atoms with Crippen molar-refractivity contribution in [3.05, 3.63) is 54.1 Å². The van der Waals surface area contributed by atoms with Crippen molar-refractivity contribution in [3.63, 3.8) is 0 Å². The molecule has 3 nitrogen and oxygen atoms in total. The van der Waals surface area contributed by atoms with Crippen LogP contribution in [-0.4, -0.2) is 35.2 Å². The molecule has 22 heavy (non-hydrogen) atoms. The van der Waals surface area contributed by atoms with Gasteiger partial charge < -0.3 is 10.0 Å². The summed E-state index contributed by atoms with van der Waals surface area (Å²) >= 11 is 6.85. The summed E-state index contributed by atoms with van der Waals surface area (Å²) in [4.78, 5) is 14.1. The number of alkyl halides is 1. The van der Waals surface area contributed by atoms with Crippen LogP contribution in [0.1, 0.15) is 11.7 Å². The van der Waals surface area contributed by atoms with E-state index in [0.717, 1.165) is 21.6 Å². The van der Waals surface area contributed by atoms with E-state index in [2.05, 4.69) is 0 Å². The fourth-order valence-corrected chi connectivity index (χ4v) is 2.73. The van der Waals surface area contributed by atoms with Crippen LogP contribution in [-0.2, 0) is 0 Å². The molecule has 0 aromatic heterocycles. The van der Waals surface area contributed by atoms with Crippen LogP contribution >= 0.6 is 23.4 Å². The predicted molar refractivity (Wildman–Crippen MR) is 92.5 cm³/mol. The maximum Gasteiger partial charge on any atom is 0.285 e. The SMILES string of the molecule is CN(C)C(=O)Sc1ccc(-c2ccc(C(O)CCl)cc2)cc1. The topological polar surface area (TPSA) is 40.5 Å². The maximum atomic E-state index is 11.7. The first kappa shape index (κ1) is 16.9. The Morgan fingerprint density at radius 2 is 1.59 bits per heavy atom. The Morgan fingerprint density at radius 1 is 1.09 bits per heavy atom. The van der Waals surface area contributed by atoms with Crippen LogP contribution in [0.4, 0.5) is 4.79 Å². The first-order chi connectivity index (χ1) is 10.5. The Hall–Kier alpha value is -1.49. The molecule has 0 aliphatic heterocycles. The molecule has 116 valence electrons. The van der Waals surface area contributed by atoms with Crippen LogP contribution in [0.25, 0.3) is 11.1 Å². The molecule has 0 fully saturated rings. The lowest BCUT2D eigenvalue weighted by molar-refractivity contribution is 0.202. The van der Waals surface area contributed by atoms with E-state index in [0.29, 0.717) is 0 Å². The van der Waals surface area contributed by atoms with Gasteiger partial charge in [0.2, 0.25) is 0 Å². The summed E-state index contributed by atoms with van der Waals surface area (Å²) < 4.78 is 0. The zero-order chi connectivity index (χ0) is 16.1. The second kappa shape index (κ2) is 7.68. The number of carbonyl (C=O) groups excluding carboxylic acids is 1. The molecule has 2 aromatic rings. The average molecular weight is 336 g/mol. The Balaban J connectivity index is 2.11. The first-order valence-corrected chi connectivity index (χ1v) is 8.20. The standard InChI is InChI=1S/C17H18ClNO2S/c1-19(2)17(21)22-15-9-7-13(8-10-15)12-3-5-14(6-4-12)16(20)11-18/h3-10,16,20H,11H2,1-2H3. The van der Waals surface area contributed by atoms with Crippen molar-refractivity contribution >= 4 is 28.6 Å². The minimum atomic E-state index is -0.633. The van der Waals surface area contributed by atoms with Gasteiger partial charge in [-0.15, -0.1) is 11.6 Å². The van der Waals surface area contributed by atoms with Gasteiger partial charge in [-0.2, -0.15) is 0 Å². The van der Waals surface area contributed by atoms with Gasteiger partial charge in [0.05, 0.1) is 12.0 Å². The van der Waals surface area contributed by atoms with Gasteiger partial charge in [0.25, 0.3) is 5.24 Å². The number of aliphatic hydroxyl groups excluding tert-OH is 1. The number of rotatable bonds is 4. The number of hydrogen-bond acceptors (Lipinski definition) is 3. The third-order valence-electron chi connectivity index (χ3n) is 3.20. The minimum absolute atomic E-state index is 0.00663. The lowest BCUT2D eigenvalue weighted by Gasteiger charge is -2.10. The van der Waals surface area contributed by atoms with Crippen molar-refractivity contribution in [3.8, 4) is 11.1 Å². The third-order valence-corrected chi connectivity index (χ3v) is 4.54. The number of thioether (sulfide) groups is 1. The summed E-state index contributed by atoms with van der Waals surface area (Å²) in [5.41, 5.74) is 2.93. The average Bonchev–Trinajstić information content (AvgIpc) is 2.55. The Morgan fingerprint density at radius 3 is 2.05 bits per heavy atom. The monoisotopic (exact) mass is 335 g/mol. The summed E-state index contributed by atoms with van der Waals surface area (Å²) in [6.07, 6.45) is -0.633. The van der Waals surface area contributed by atoms with E-state index >= 15 is 0 Å². The second-order valence-electron chi connectivity index (χ2n) is 5.08. The van der Waals surface area contributed by atoms with Crippen LogP contribution in [0.3, 0.4) is 0 Å². The largest absolute Gasteiger partial charge is 0.387 e. The van der Waals surface area contributed by atoms with Gasteiger partial charge >= 0.3 is 0 Å². The van der Waals surface area contributed by atoms with Crippen molar-refractivity contribution in [1.29, 1.82) is 0 Å². The van der Waals surface area contributed by atoms with Gasteiger partial charge in [-0.05, 0) is 40.6 Å². The zero-order valence-corrected chi connectivity index (χ0v) is 14.1. The quantitative estimate of drug-likeness (QED) is 0.665. The highest BCUT2D eigenvalue weighted by Gasteiger charge is 2.08. The van der Waals surface area contributed by atoms with Crippen LogP contribution in [0.5, 0.6) is 0 Å². The zero-order valence-electron chi connectivity index (χ0n) is 12.5. The van der Waals surface area contributed by atoms with E-state index in [1.165, 1.54) is 11.8 Å². The van der Waals surface area contributed by atoms with Crippen molar-refractivity contribution in [2.75, 3.05) is 20.0 Å². The second-order valence-corrected chi connectivity index (χ2v) is 6.41. The van der Waals surface area contributed by atoms with Crippen LogP contribution in [0, 0.1) is 0 Å². The molecule has 1 amide bonds. The van der Waals surface area contributed by atoms with Gasteiger partial charge in [-0.25, -0.2) is 0 Å². The molecule has 0 radical (unpaired) electrons. The molecule has 1 atom stereocenters. The van der Waals surface area contributed by atoms with Crippen molar-refractivity contribution in [1.82, 2.24) is 4.90 Å². The van der Waals surface area contributed by atoms with Gasteiger partial charge in [0, 0.05) is 19.0 Å². The highest BCUT2D eigenvalue weighted by Crippen LogP contribution is 2.26. The molecule has 2 aromatic carbocycles. The van der Waals surface area contributed by atoms with E-state index in [1.807, 2.05) is 48.5 Å². The van der Waals surface area contributed by atoms with Crippen molar-refractivity contribution in [2.24, 2.45) is 0 Å². The highest BCUT2D eigenvalue weighted by molar-refractivity contribution is 8.13. The van der Waals surface area contributed by atoms with E-state index in [-0.39, 0.29) is 11.1 Å². The number of amides is 1. The Labute approximate surface area is 139 Å². The summed E-state index contributed by atoms with van der Waals surface area (Å²) in [5.74, 6) is 0.186. The van der Waals surface area contributed by atoms with Crippen molar-refractivity contribution in [2.45, 2.75) is 11.0 Å². The molecular formula is C17H18ClNO2S. The summed E-state index contributed by atoms with van der Waals surface area (Å²) in [6.45, 7) is 0. The predicted octanol–water partition coefficient (Wildman–Crippen LogP) is 4.40. The number of benzene rings is 2. The smallest absolute Gasteiger partial charge is 0.285 e. The molecule has 0 bridgehead atoms. The van der Waals surface area contributed by atoms with Gasteiger partial charge in [-0.1, -0.05) is 36.4 Å². The fourth-order valence-electron chi connectivity index (χ4n) is 1.89. The van der Waals surface area contributed by atoms with E-state index in [4.69, 9.17) is 11.6 Å². The highest BCUT2D eigenvalue weighted by atomic mass is 35.5. The third kappa shape index (κ3) is 4.26. The Bertz CT molecular complexity index is 626. The van der Waals surface area contributed by atoms with Crippen LogP contribution in [0.2, 0.25) is 0 Å².